The molecular weight excluding hydrogens is 761 g/mol. The van der Waals surface area contributed by atoms with E-state index in [4.69, 9.17) is 0 Å². The summed E-state index contributed by atoms with van der Waals surface area (Å²) < 4.78 is 0. The van der Waals surface area contributed by atoms with Crippen molar-refractivity contribution in [3.05, 3.63) is 271 Å². The van der Waals surface area contributed by atoms with Gasteiger partial charge in [-0.1, -0.05) is 176 Å². The molecule has 0 N–H and O–H groups in total. The smallest absolute Gasteiger partial charge is 0.0725 e. The highest BCUT2D eigenvalue weighted by atomic mass is 15.2. The molecule has 1 unspecified atom stereocenters. The Balaban J connectivity index is 1.06. The first kappa shape index (κ1) is 36.9. The molecule has 1 spiro atoms. The molecular formula is C61H44N2. The number of hydrogen-bond donors (Lipinski definition) is 0. The van der Waals surface area contributed by atoms with E-state index in [0.717, 1.165) is 23.5 Å². The fourth-order valence-electron chi connectivity index (χ4n) is 10.7. The van der Waals surface area contributed by atoms with Crippen molar-refractivity contribution < 1.29 is 0 Å². The van der Waals surface area contributed by atoms with Crippen molar-refractivity contribution in [2.45, 2.75) is 17.9 Å². The van der Waals surface area contributed by atoms with Gasteiger partial charge >= 0.3 is 0 Å². The van der Waals surface area contributed by atoms with Crippen LogP contribution in [0.5, 0.6) is 0 Å². The number of hydrogen-bond acceptors (Lipinski definition) is 2. The van der Waals surface area contributed by atoms with Crippen LogP contribution in [-0.4, -0.2) is 6.04 Å². The minimum absolute atomic E-state index is 0.229. The summed E-state index contributed by atoms with van der Waals surface area (Å²) in [6.07, 6.45) is 9.86. The van der Waals surface area contributed by atoms with Crippen LogP contribution >= 0.6 is 0 Å². The molecule has 3 aliphatic carbocycles. The molecule has 0 amide bonds. The molecule has 0 radical (unpaired) electrons. The first-order chi connectivity index (χ1) is 31.3. The maximum atomic E-state index is 2.51. The van der Waals surface area contributed by atoms with E-state index in [0.29, 0.717) is 0 Å². The minimum atomic E-state index is -0.466. The number of benzene rings is 9. The molecule has 12 rings (SSSR count). The molecule has 0 saturated carbocycles. The molecule has 0 fully saturated rings. The molecule has 298 valence electrons. The van der Waals surface area contributed by atoms with Gasteiger partial charge in [-0.2, -0.15) is 0 Å². The number of nitrogens with zero attached hydrogens (tertiary/aromatic N) is 2. The van der Waals surface area contributed by atoms with Gasteiger partial charge in [0, 0.05) is 28.4 Å². The normalized spacial score (nSPS) is 14.8. The number of rotatable bonds is 8. The van der Waals surface area contributed by atoms with Gasteiger partial charge in [-0.15, -0.1) is 0 Å². The van der Waals surface area contributed by atoms with E-state index in [9.17, 15) is 0 Å². The zero-order valence-electron chi connectivity index (χ0n) is 34.9. The molecule has 63 heavy (non-hydrogen) atoms. The van der Waals surface area contributed by atoms with E-state index in [1.165, 1.54) is 78.1 Å². The highest BCUT2D eigenvalue weighted by Crippen LogP contribution is 2.64. The Morgan fingerprint density at radius 3 is 1.38 bits per heavy atom. The van der Waals surface area contributed by atoms with E-state index in [-0.39, 0.29) is 6.04 Å². The van der Waals surface area contributed by atoms with Gasteiger partial charge < -0.3 is 9.80 Å². The third kappa shape index (κ3) is 5.94. The third-order valence-electron chi connectivity index (χ3n) is 13.4. The van der Waals surface area contributed by atoms with Crippen molar-refractivity contribution in [2.24, 2.45) is 0 Å². The zero-order valence-corrected chi connectivity index (χ0v) is 34.9. The van der Waals surface area contributed by atoms with Gasteiger partial charge in [0.2, 0.25) is 0 Å². The lowest BCUT2D eigenvalue weighted by molar-refractivity contribution is 0.785. The highest BCUT2D eigenvalue weighted by molar-refractivity contribution is 6.01. The van der Waals surface area contributed by atoms with E-state index in [1.807, 2.05) is 0 Å². The second kappa shape index (κ2) is 15.2. The third-order valence-corrected chi connectivity index (χ3v) is 13.4. The molecule has 0 aliphatic heterocycles. The van der Waals surface area contributed by atoms with E-state index in [1.54, 1.807) is 0 Å². The first-order valence-electron chi connectivity index (χ1n) is 22.0. The van der Waals surface area contributed by atoms with Crippen LogP contribution in [0.1, 0.15) is 28.7 Å². The summed E-state index contributed by atoms with van der Waals surface area (Å²) in [4.78, 5) is 4.80. The number of allylic oxidation sites excluding steroid dienone is 2. The van der Waals surface area contributed by atoms with Gasteiger partial charge in [-0.05, 0) is 146 Å². The highest BCUT2D eigenvalue weighted by Gasteiger charge is 2.52. The van der Waals surface area contributed by atoms with E-state index >= 15 is 0 Å². The monoisotopic (exact) mass is 804 g/mol. The number of para-hydroxylation sites is 3. The van der Waals surface area contributed by atoms with Crippen LogP contribution in [0, 0.1) is 0 Å². The van der Waals surface area contributed by atoms with E-state index in [2.05, 4.69) is 259 Å². The van der Waals surface area contributed by atoms with Crippen LogP contribution in [-0.2, 0) is 5.41 Å². The van der Waals surface area contributed by atoms with Crippen molar-refractivity contribution in [2.75, 3.05) is 9.80 Å². The molecule has 1 atom stereocenters. The molecule has 0 aromatic heterocycles. The van der Waals surface area contributed by atoms with Gasteiger partial charge in [-0.3, -0.25) is 0 Å². The second-order valence-electron chi connectivity index (χ2n) is 16.8. The molecule has 2 heteroatoms. The Hall–Kier alpha value is -7.94. The summed E-state index contributed by atoms with van der Waals surface area (Å²) in [7, 11) is 0. The topological polar surface area (TPSA) is 6.48 Å². The zero-order chi connectivity index (χ0) is 41.7. The van der Waals surface area contributed by atoms with Crippen molar-refractivity contribution >= 4 is 28.4 Å². The van der Waals surface area contributed by atoms with E-state index < -0.39 is 5.41 Å². The Morgan fingerprint density at radius 1 is 0.349 bits per heavy atom. The molecule has 9 aromatic rings. The van der Waals surface area contributed by atoms with Gasteiger partial charge in [0.25, 0.3) is 0 Å². The second-order valence-corrected chi connectivity index (χ2v) is 16.8. The van der Waals surface area contributed by atoms with Crippen LogP contribution in [0.15, 0.2) is 249 Å². The number of fused-ring (bicyclic) bond motifs is 10. The lowest BCUT2D eigenvalue weighted by atomic mass is 9.70. The average Bonchev–Trinajstić information content (AvgIpc) is 3.83. The summed E-state index contributed by atoms with van der Waals surface area (Å²) in [5.41, 5.74) is 20.7. The van der Waals surface area contributed by atoms with Crippen LogP contribution in [0.4, 0.5) is 28.4 Å². The average molecular weight is 805 g/mol. The Labute approximate surface area is 370 Å². The predicted octanol–water partition coefficient (Wildman–Crippen LogP) is 15.9. The van der Waals surface area contributed by atoms with Gasteiger partial charge in [0.15, 0.2) is 0 Å². The molecule has 0 bridgehead atoms. The quantitative estimate of drug-likeness (QED) is 0.151. The Bertz CT molecular complexity index is 3100. The Kier molecular flexibility index (Phi) is 8.90. The first-order valence-corrected chi connectivity index (χ1v) is 22.0. The fraction of sp³-hybridized carbons (Fsp3) is 0.0492. The molecule has 3 aliphatic rings. The van der Waals surface area contributed by atoms with Crippen molar-refractivity contribution in [3.8, 4) is 44.5 Å². The maximum Gasteiger partial charge on any atom is 0.0725 e. The van der Waals surface area contributed by atoms with Crippen LogP contribution in [0.2, 0.25) is 0 Å². The number of anilines is 5. The standard InChI is InChI=1S/C61H44N2/c1-5-19-46(20-6-1)62(47-21-7-2-8-22-47)50-37-33-43(34-38-50)45-41-55(44-35-39-51(40-36-44)63(48-23-9-3-10-24-48)49-25-11-4-12-26-49)60-54-29-15-18-32-58(54)61(59(60)42-45)56-30-16-13-27-52(56)53-28-14-17-31-57(53)61/h1-25,27-42,49H,26H2. The fourth-order valence-corrected chi connectivity index (χ4v) is 10.7. The summed E-state index contributed by atoms with van der Waals surface area (Å²) in [6.45, 7) is 0. The Morgan fingerprint density at radius 2 is 0.810 bits per heavy atom. The van der Waals surface area contributed by atoms with Crippen LogP contribution < -0.4 is 9.80 Å². The minimum Gasteiger partial charge on any atom is -0.334 e. The predicted molar refractivity (Wildman–Crippen MR) is 264 cm³/mol. The van der Waals surface area contributed by atoms with Crippen LogP contribution in [0.25, 0.3) is 44.5 Å². The van der Waals surface area contributed by atoms with Gasteiger partial charge in [0.05, 0.1) is 11.5 Å². The van der Waals surface area contributed by atoms with Crippen molar-refractivity contribution in [3.63, 3.8) is 0 Å². The summed E-state index contributed by atoms with van der Waals surface area (Å²) in [6, 6.07) is 83.1. The van der Waals surface area contributed by atoms with Gasteiger partial charge in [0.1, 0.15) is 0 Å². The maximum absolute atomic E-state index is 2.51. The molecule has 9 aromatic carbocycles. The summed E-state index contributed by atoms with van der Waals surface area (Å²) in [5.74, 6) is 0. The van der Waals surface area contributed by atoms with Gasteiger partial charge in [-0.25, -0.2) is 0 Å². The molecule has 0 saturated heterocycles. The largest absolute Gasteiger partial charge is 0.334 e. The van der Waals surface area contributed by atoms with Crippen LogP contribution in [0.3, 0.4) is 0 Å². The summed E-state index contributed by atoms with van der Waals surface area (Å²) >= 11 is 0. The van der Waals surface area contributed by atoms with Crippen molar-refractivity contribution in [1.29, 1.82) is 0 Å². The summed E-state index contributed by atoms with van der Waals surface area (Å²) in [5, 5.41) is 0. The lowest BCUT2D eigenvalue weighted by Crippen LogP contribution is -2.29. The molecule has 0 heterocycles. The van der Waals surface area contributed by atoms with Crippen molar-refractivity contribution in [1.82, 2.24) is 0 Å². The molecule has 2 nitrogen and oxygen atoms in total. The lowest BCUT2D eigenvalue weighted by Gasteiger charge is -2.33. The SMILES string of the molecule is C1=CCC(N(c2ccccc2)c2ccc(-c3cc(-c4ccc(N(c5ccccc5)c5ccccc5)cc4)cc4c3-c3ccccc3C43c4ccccc4-c4ccccc43)cc2)C=C1.